The van der Waals surface area contributed by atoms with Gasteiger partial charge in [-0.05, 0) is 31.5 Å². The number of fused-ring (bicyclic) bond motifs is 1. The molecule has 2 amide bonds. The van der Waals surface area contributed by atoms with Crippen LogP contribution < -0.4 is 21.3 Å². The highest BCUT2D eigenvalue weighted by molar-refractivity contribution is 6.25. The Kier molecular flexibility index (Phi) is 6.45. The van der Waals surface area contributed by atoms with E-state index < -0.39 is 5.91 Å². The fraction of sp³-hybridized carbons (Fsp3) is 0.391. The van der Waals surface area contributed by atoms with Gasteiger partial charge in [0.05, 0.1) is 48.2 Å². The molecular weight excluding hydrogens is 422 g/mol. The molecule has 2 aromatic rings. The number of ether oxygens (including phenoxy) is 1. The lowest BCUT2D eigenvalue weighted by molar-refractivity contribution is -0.111. The third-order valence-corrected chi connectivity index (χ3v) is 5.87. The number of nitrogens with two attached hydrogens (primary N) is 1. The van der Waals surface area contributed by atoms with Crippen LogP contribution in [0.4, 0.5) is 17.1 Å². The third kappa shape index (κ3) is 4.47. The number of carbonyl (C=O) groups is 2. The molecule has 3 heterocycles. The second-order valence-electron chi connectivity index (χ2n) is 8.23. The first-order chi connectivity index (χ1) is 15.9. The molecule has 10 heteroatoms. The number of nitrogens with zero attached hydrogens (tertiary/aromatic N) is 4. The molecule has 1 fully saturated rings. The SMILES string of the molecule is CNc1cnc(/C(=C\N)C(=O)Nc2cc3c(cc2N2CCOCC2)C(=O)N(C(C)C)C3)nc1. The Hall–Kier alpha value is -3.66. The predicted octanol–water partition coefficient (Wildman–Crippen LogP) is 1.66. The van der Waals surface area contributed by atoms with E-state index in [9.17, 15) is 9.59 Å². The summed E-state index contributed by atoms with van der Waals surface area (Å²) in [7, 11) is 1.76. The highest BCUT2D eigenvalue weighted by Gasteiger charge is 2.32. The van der Waals surface area contributed by atoms with E-state index in [1.807, 2.05) is 30.9 Å². The van der Waals surface area contributed by atoms with Gasteiger partial charge in [0.2, 0.25) is 0 Å². The zero-order valence-electron chi connectivity index (χ0n) is 19.1. The van der Waals surface area contributed by atoms with Crippen LogP contribution in [0.1, 0.15) is 35.6 Å². The molecule has 10 nitrogen and oxygen atoms in total. The second kappa shape index (κ2) is 9.45. The van der Waals surface area contributed by atoms with E-state index in [1.165, 1.54) is 6.20 Å². The van der Waals surface area contributed by atoms with Gasteiger partial charge in [0, 0.05) is 44.5 Å². The van der Waals surface area contributed by atoms with Crippen molar-refractivity contribution < 1.29 is 14.3 Å². The fourth-order valence-corrected chi connectivity index (χ4v) is 3.99. The number of benzene rings is 1. The first kappa shape index (κ1) is 22.5. The first-order valence-electron chi connectivity index (χ1n) is 11.0. The van der Waals surface area contributed by atoms with Crippen LogP contribution >= 0.6 is 0 Å². The van der Waals surface area contributed by atoms with E-state index in [0.29, 0.717) is 44.1 Å². The molecule has 0 saturated carbocycles. The number of aromatic nitrogens is 2. The number of amides is 2. The van der Waals surface area contributed by atoms with Gasteiger partial charge in [0.1, 0.15) is 0 Å². The van der Waals surface area contributed by atoms with Crippen molar-refractivity contribution in [3.8, 4) is 0 Å². The molecule has 0 atom stereocenters. The number of hydrogen-bond donors (Lipinski definition) is 3. The minimum Gasteiger partial charge on any atom is -0.404 e. The molecule has 4 N–H and O–H groups in total. The zero-order chi connectivity index (χ0) is 23.5. The predicted molar refractivity (Wildman–Crippen MR) is 127 cm³/mol. The Morgan fingerprint density at radius 2 is 1.91 bits per heavy atom. The van der Waals surface area contributed by atoms with Crippen LogP contribution in [0.2, 0.25) is 0 Å². The lowest BCUT2D eigenvalue weighted by Crippen LogP contribution is -2.37. The molecule has 1 aromatic heterocycles. The van der Waals surface area contributed by atoms with E-state index in [4.69, 9.17) is 10.5 Å². The standard InChI is InChI=1S/C23H29N7O3/c1-14(2)30-13-15-8-19(20(9-17(15)23(30)32)29-4-6-33-7-5-29)28-22(31)18(10-24)21-26-11-16(25-3)12-27-21/h8-12,14,25H,4-7,13,24H2,1-3H3,(H,28,31)/b18-10+. The maximum Gasteiger partial charge on any atom is 0.261 e. The van der Waals surface area contributed by atoms with E-state index in [2.05, 4.69) is 25.5 Å². The number of anilines is 3. The highest BCUT2D eigenvalue weighted by Crippen LogP contribution is 2.36. The van der Waals surface area contributed by atoms with Crippen molar-refractivity contribution in [1.82, 2.24) is 14.9 Å². The van der Waals surface area contributed by atoms with Crippen LogP contribution in [0.15, 0.2) is 30.7 Å². The van der Waals surface area contributed by atoms with Gasteiger partial charge in [-0.3, -0.25) is 9.59 Å². The molecule has 0 spiro atoms. The van der Waals surface area contributed by atoms with Gasteiger partial charge in [0.25, 0.3) is 11.8 Å². The van der Waals surface area contributed by atoms with Crippen molar-refractivity contribution in [3.63, 3.8) is 0 Å². The molecule has 174 valence electrons. The molecule has 33 heavy (non-hydrogen) atoms. The minimum absolute atomic E-state index is 0.00736. The average molecular weight is 452 g/mol. The van der Waals surface area contributed by atoms with Crippen molar-refractivity contribution in [3.05, 3.63) is 47.7 Å². The maximum absolute atomic E-state index is 13.2. The summed E-state index contributed by atoms with van der Waals surface area (Å²) in [5.74, 6) is -0.189. The highest BCUT2D eigenvalue weighted by atomic mass is 16.5. The van der Waals surface area contributed by atoms with Crippen molar-refractivity contribution in [2.75, 3.05) is 48.9 Å². The molecule has 4 rings (SSSR count). The fourth-order valence-electron chi connectivity index (χ4n) is 3.99. The topological polar surface area (TPSA) is 126 Å². The first-order valence-corrected chi connectivity index (χ1v) is 11.0. The van der Waals surface area contributed by atoms with E-state index >= 15 is 0 Å². The van der Waals surface area contributed by atoms with E-state index in [1.54, 1.807) is 19.4 Å². The summed E-state index contributed by atoms with van der Waals surface area (Å²) in [5.41, 5.74) is 9.61. The van der Waals surface area contributed by atoms with Crippen molar-refractivity contribution in [2.45, 2.75) is 26.4 Å². The Labute approximate surface area is 192 Å². The van der Waals surface area contributed by atoms with Crippen LogP contribution in [0.25, 0.3) is 5.57 Å². The molecule has 1 aromatic carbocycles. The number of nitrogens with one attached hydrogen (secondary N) is 2. The third-order valence-electron chi connectivity index (χ3n) is 5.87. The molecule has 1 saturated heterocycles. The zero-order valence-corrected chi connectivity index (χ0v) is 19.1. The molecule has 0 unspecified atom stereocenters. The van der Waals surface area contributed by atoms with Gasteiger partial charge >= 0.3 is 0 Å². The summed E-state index contributed by atoms with van der Waals surface area (Å²) in [6, 6.07) is 3.85. The van der Waals surface area contributed by atoms with Gasteiger partial charge < -0.3 is 30.9 Å². The van der Waals surface area contributed by atoms with E-state index in [-0.39, 0.29) is 23.3 Å². The van der Waals surface area contributed by atoms with Crippen LogP contribution in [0, 0.1) is 0 Å². The van der Waals surface area contributed by atoms with Crippen LogP contribution in [0.5, 0.6) is 0 Å². The molecule has 0 bridgehead atoms. The van der Waals surface area contributed by atoms with Crippen LogP contribution in [-0.2, 0) is 16.1 Å². The summed E-state index contributed by atoms with van der Waals surface area (Å²) >= 11 is 0. The molecular formula is C23H29N7O3. The molecule has 0 radical (unpaired) electrons. The Balaban J connectivity index is 1.67. The van der Waals surface area contributed by atoms with Crippen molar-refractivity contribution >= 4 is 34.4 Å². The smallest absolute Gasteiger partial charge is 0.261 e. The quantitative estimate of drug-likeness (QED) is 0.566. The average Bonchev–Trinajstić information content (AvgIpc) is 3.15. The van der Waals surface area contributed by atoms with Gasteiger partial charge in [0.15, 0.2) is 5.82 Å². The van der Waals surface area contributed by atoms with E-state index in [0.717, 1.165) is 16.9 Å². The lowest BCUT2D eigenvalue weighted by Gasteiger charge is -2.31. The summed E-state index contributed by atoms with van der Waals surface area (Å²) in [6.45, 7) is 6.98. The van der Waals surface area contributed by atoms with Gasteiger partial charge in [-0.15, -0.1) is 0 Å². The minimum atomic E-state index is -0.422. The number of carbonyl (C=O) groups excluding carboxylic acids is 2. The Morgan fingerprint density at radius 1 is 1.21 bits per heavy atom. The molecule has 2 aliphatic rings. The summed E-state index contributed by atoms with van der Waals surface area (Å²) in [6.07, 6.45) is 4.37. The van der Waals surface area contributed by atoms with Crippen molar-refractivity contribution in [2.24, 2.45) is 5.73 Å². The van der Waals surface area contributed by atoms with Crippen LogP contribution in [0.3, 0.4) is 0 Å². The number of hydrogen-bond acceptors (Lipinski definition) is 8. The number of rotatable bonds is 6. The lowest BCUT2D eigenvalue weighted by atomic mass is 10.1. The Morgan fingerprint density at radius 3 is 2.52 bits per heavy atom. The van der Waals surface area contributed by atoms with Crippen molar-refractivity contribution in [1.29, 1.82) is 0 Å². The largest absolute Gasteiger partial charge is 0.404 e. The normalized spacial score (nSPS) is 16.2. The molecule has 2 aliphatic heterocycles. The summed E-state index contributed by atoms with van der Waals surface area (Å²) in [5, 5.41) is 5.92. The molecule has 0 aliphatic carbocycles. The van der Waals surface area contributed by atoms with Gasteiger partial charge in [-0.25, -0.2) is 9.97 Å². The number of morpholine rings is 1. The Bertz CT molecular complexity index is 1080. The second-order valence-corrected chi connectivity index (χ2v) is 8.23. The monoisotopic (exact) mass is 451 g/mol. The van der Waals surface area contributed by atoms with Gasteiger partial charge in [-0.1, -0.05) is 0 Å². The maximum atomic E-state index is 13.2. The van der Waals surface area contributed by atoms with Crippen LogP contribution in [-0.4, -0.2) is 66.1 Å². The summed E-state index contributed by atoms with van der Waals surface area (Å²) < 4.78 is 5.49. The van der Waals surface area contributed by atoms with Gasteiger partial charge in [-0.2, -0.15) is 0 Å². The summed E-state index contributed by atoms with van der Waals surface area (Å²) in [4.78, 5) is 38.5.